The molecule has 9 nitrogen and oxygen atoms in total. The van der Waals surface area contributed by atoms with E-state index in [1.165, 1.54) is 0 Å². The Morgan fingerprint density at radius 3 is 2.64 bits per heavy atom. The van der Waals surface area contributed by atoms with E-state index in [4.69, 9.17) is 14.9 Å². The van der Waals surface area contributed by atoms with Crippen molar-refractivity contribution in [2.75, 3.05) is 50.5 Å². The zero-order valence-corrected chi connectivity index (χ0v) is 21.9. The lowest BCUT2D eigenvalue weighted by Crippen LogP contribution is -2.54. The smallest absolute Gasteiger partial charge is 0.290 e. The molecular weight excluding hydrogens is 494 g/mol. The summed E-state index contributed by atoms with van der Waals surface area (Å²) in [5.74, 6) is 0.491. The van der Waals surface area contributed by atoms with E-state index in [9.17, 15) is 9.59 Å². The molecule has 1 fully saturated rings. The maximum Gasteiger partial charge on any atom is 0.290 e. The van der Waals surface area contributed by atoms with Crippen molar-refractivity contribution < 1.29 is 18.7 Å². The van der Waals surface area contributed by atoms with Crippen LogP contribution < -0.4 is 21.1 Å². The van der Waals surface area contributed by atoms with E-state index in [-0.39, 0.29) is 11.8 Å². The summed E-state index contributed by atoms with van der Waals surface area (Å²) in [6, 6.07) is 23.7. The molecule has 39 heavy (non-hydrogen) atoms. The summed E-state index contributed by atoms with van der Waals surface area (Å²) in [5, 5.41) is 7.10. The number of fused-ring (bicyclic) bond motifs is 1. The van der Waals surface area contributed by atoms with E-state index in [2.05, 4.69) is 22.5 Å². The highest BCUT2D eigenvalue weighted by Gasteiger charge is 2.26. The number of nitrogens with one attached hydrogen (secondary N) is 2. The average molecular weight is 528 g/mol. The fourth-order valence-corrected chi connectivity index (χ4v) is 4.57. The zero-order valence-electron chi connectivity index (χ0n) is 21.9. The predicted molar refractivity (Wildman–Crippen MR) is 152 cm³/mol. The summed E-state index contributed by atoms with van der Waals surface area (Å²) >= 11 is 0. The van der Waals surface area contributed by atoms with Crippen LogP contribution in [-0.2, 0) is 0 Å². The van der Waals surface area contributed by atoms with E-state index >= 15 is 0 Å². The molecule has 1 aliphatic heterocycles. The third-order valence-corrected chi connectivity index (χ3v) is 6.87. The minimum Gasteiger partial charge on any atom is -0.492 e. The SMILES string of the molecule is CC1CNCCN1CN(CCOc1ccc(C(=O)Nc2ccccc2N)cc1)C(=O)c1cc2ccccc2o1. The van der Waals surface area contributed by atoms with Crippen molar-refractivity contribution in [1.82, 2.24) is 15.1 Å². The molecule has 0 radical (unpaired) electrons. The highest BCUT2D eigenvalue weighted by atomic mass is 16.5. The predicted octanol–water partition coefficient (Wildman–Crippen LogP) is 4.04. The van der Waals surface area contributed by atoms with Gasteiger partial charge in [-0.25, -0.2) is 0 Å². The second-order valence-corrected chi connectivity index (χ2v) is 9.64. The molecule has 2 amide bonds. The molecule has 4 N–H and O–H groups in total. The van der Waals surface area contributed by atoms with Crippen LogP contribution in [0, 0.1) is 0 Å². The Bertz CT molecular complexity index is 1400. The summed E-state index contributed by atoms with van der Waals surface area (Å²) in [5.41, 5.74) is 8.16. The van der Waals surface area contributed by atoms with E-state index in [0.29, 0.717) is 59.9 Å². The second kappa shape index (κ2) is 12.0. The monoisotopic (exact) mass is 527 g/mol. The third-order valence-electron chi connectivity index (χ3n) is 6.87. The summed E-state index contributed by atoms with van der Waals surface area (Å²) in [6.07, 6.45) is 0. The first-order chi connectivity index (χ1) is 19.0. The Balaban J connectivity index is 1.22. The number of piperazine rings is 1. The number of nitrogen functional groups attached to an aromatic ring is 1. The highest BCUT2D eigenvalue weighted by Crippen LogP contribution is 2.22. The molecular formula is C30H33N5O4. The van der Waals surface area contributed by atoms with Crippen LogP contribution in [0.25, 0.3) is 11.0 Å². The van der Waals surface area contributed by atoms with Gasteiger partial charge in [-0.05, 0) is 55.5 Å². The van der Waals surface area contributed by atoms with Crippen molar-refractivity contribution in [2.24, 2.45) is 0 Å². The van der Waals surface area contributed by atoms with E-state index in [0.717, 1.165) is 25.0 Å². The lowest BCUT2D eigenvalue weighted by atomic mass is 10.2. The van der Waals surface area contributed by atoms with E-state index < -0.39 is 0 Å². The quantitative estimate of drug-likeness (QED) is 0.282. The summed E-state index contributed by atoms with van der Waals surface area (Å²) in [6.45, 7) is 5.90. The number of hydrogen-bond acceptors (Lipinski definition) is 7. The number of rotatable bonds is 9. The van der Waals surface area contributed by atoms with Crippen molar-refractivity contribution in [2.45, 2.75) is 13.0 Å². The van der Waals surface area contributed by atoms with Crippen LogP contribution in [0.15, 0.2) is 83.3 Å². The molecule has 0 spiro atoms. The number of nitrogens with zero attached hydrogens (tertiary/aromatic N) is 2. The lowest BCUT2D eigenvalue weighted by Gasteiger charge is -2.37. The zero-order chi connectivity index (χ0) is 27.2. The minimum absolute atomic E-state index is 0.173. The Hall–Kier alpha value is -4.34. The van der Waals surface area contributed by atoms with Crippen molar-refractivity contribution in [3.05, 3.63) is 90.2 Å². The first-order valence-electron chi connectivity index (χ1n) is 13.1. The van der Waals surface area contributed by atoms with Gasteiger partial charge in [0.25, 0.3) is 11.8 Å². The number of amides is 2. The van der Waals surface area contributed by atoms with Gasteiger partial charge in [0.05, 0.1) is 24.6 Å². The van der Waals surface area contributed by atoms with Crippen molar-refractivity contribution in [1.29, 1.82) is 0 Å². The molecule has 0 aliphatic carbocycles. The number of anilines is 2. The summed E-state index contributed by atoms with van der Waals surface area (Å²) in [7, 11) is 0. The third kappa shape index (κ3) is 6.39. The van der Waals surface area contributed by atoms with Crippen LogP contribution in [0.2, 0.25) is 0 Å². The number of furan rings is 1. The number of hydrogen-bond donors (Lipinski definition) is 3. The maximum atomic E-state index is 13.5. The van der Waals surface area contributed by atoms with E-state index in [1.807, 2.05) is 36.4 Å². The van der Waals surface area contributed by atoms with Gasteiger partial charge in [0.2, 0.25) is 0 Å². The number of carbonyl (C=O) groups excluding carboxylic acids is 2. The largest absolute Gasteiger partial charge is 0.492 e. The van der Waals surface area contributed by atoms with Crippen molar-refractivity contribution in [3.63, 3.8) is 0 Å². The van der Waals surface area contributed by atoms with Crippen LogP contribution in [0.5, 0.6) is 5.75 Å². The fraction of sp³-hybridized carbons (Fsp3) is 0.267. The maximum absolute atomic E-state index is 13.5. The Kier molecular flexibility index (Phi) is 8.10. The van der Waals surface area contributed by atoms with Crippen molar-refractivity contribution >= 4 is 34.2 Å². The molecule has 5 rings (SSSR count). The van der Waals surface area contributed by atoms with Crippen LogP contribution in [-0.4, -0.2) is 67.1 Å². The first-order valence-corrected chi connectivity index (χ1v) is 13.1. The highest BCUT2D eigenvalue weighted by molar-refractivity contribution is 6.05. The molecule has 1 aliphatic rings. The van der Waals surface area contributed by atoms with Gasteiger partial charge >= 0.3 is 0 Å². The Morgan fingerprint density at radius 2 is 1.87 bits per heavy atom. The molecule has 2 heterocycles. The lowest BCUT2D eigenvalue weighted by molar-refractivity contribution is 0.0452. The average Bonchev–Trinajstić information content (AvgIpc) is 3.39. The van der Waals surface area contributed by atoms with Gasteiger partial charge in [0, 0.05) is 36.6 Å². The first kappa shape index (κ1) is 26.3. The molecule has 1 unspecified atom stereocenters. The summed E-state index contributed by atoms with van der Waals surface area (Å²) < 4.78 is 11.8. The normalized spacial score (nSPS) is 15.7. The van der Waals surface area contributed by atoms with Gasteiger partial charge in [0.1, 0.15) is 17.9 Å². The molecule has 202 valence electrons. The van der Waals surface area contributed by atoms with Crippen LogP contribution >= 0.6 is 0 Å². The molecule has 0 bridgehead atoms. The molecule has 0 saturated carbocycles. The van der Waals surface area contributed by atoms with Crippen LogP contribution in [0.4, 0.5) is 11.4 Å². The topological polar surface area (TPSA) is 113 Å². The van der Waals surface area contributed by atoms with E-state index in [1.54, 1.807) is 47.4 Å². The van der Waals surface area contributed by atoms with Gasteiger partial charge in [0.15, 0.2) is 5.76 Å². The number of ether oxygens (including phenoxy) is 1. The molecule has 1 aromatic heterocycles. The number of carbonyl (C=O) groups is 2. The molecule has 1 saturated heterocycles. The Labute approximate surface area is 227 Å². The number of benzene rings is 3. The molecule has 9 heteroatoms. The summed E-state index contributed by atoms with van der Waals surface area (Å²) in [4.78, 5) is 30.2. The number of nitrogens with two attached hydrogens (primary N) is 1. The standard InChI is InChI=1S/C30H33N5O4/c1-21-19-32-14-15-34(21)20-35(30(37)28-18-23-6-2-5-9-27(23)39-28)16-17-38-24-12-10-22(11-13-24)29(36)33-26-8-4-3-7-25(26)31/h2-13,18,21,32H,14-17,19-20,31H2,1H3,(H,33,36). The second-order valence-electron chi connectivity index (χ2n) is 9.64. The fourth-order valence-electron chi connectivity index (χ4n) is 4.57. The van der Waals surface area contributed by atoms with Gasteiger partial charge in [-0.1, -0.05) is 30.3 Å². The number of para-hydroxylation sites is 3. The van der Waals surface area contributed by atoms with Gasteiger partial charge < -0.3 is 30.4 Å². The molecule has 1 atom stereocenters. The molecule has 4 aromatic rings. The van der Waals surface area contributed by atoms with Crippen LogP contribution in [0.1, 0.15) is 27.8 Å². The van der Waals surface area contributed by atoms with Gasteiger partial charge in [-0.3, -0.25) is 14.5 Å². The van der Waals surface area contributed by atoms with Crippen molar-refractivity contribution in [3.8, 4) is 5.75 Å². The van der Waals surface area contributed by atoms with Crippen LogP contribution in [0.3, 0.4) is 0 Å². The van der Waals surface area contributed by atoms with Gasteiger partial charge in [-0.2, -0.15) is 0 Å². The minimum atomic E-state index is -0.257. The van der Waals surface area contributed by atoms with Gasteiger partial charge in [-0.15, -0.1) is 0 Å². The molecule has 3 aromatic carbocycles. The Morgan fingerprint density at radius 1 is 1.10 bits per heavy atom.